The average molecular weight is 415 g/mol. The number of hydrogen-bond donors (Lipinski definition) is 0. The number of thiazole rings is 1. The average Bonchev–Trinajstić information content (AvgIpc) is 3.36. The van der Waals surface area contributed by atoms with Crippen molar-refractivity contribution < 1.29 is 9.53 Å². The van der Waals surface area contributed by atoms with Crippen LogP contribution in [-0.4, -0.2) is 16.9 Å². The molecule has 0 saturated heterocycles. The molecule has 0 fully saturated rings. The molecule has 6 heteroatoms. The summed E-state index contributed by atoms with van der Waals surface area (Å²) >= 11 is 3.04. The Balaban J connectivity index is 1.62. The standard InChI is InChI=1S/C23H14N2O2S2/c26-22-19(25-21(27-22)16-11-5-2-6-12-16)20(15-9-3-1-4-10-15)29-23-24-17-13-7-8-14-18(17)28-23/h1-14H/b20-19+. The van der Waals surface area contributed by atoms with E-state index < -0.39 is 5.97 Å². The Labute approximate surface area is 175 Å². The van der Waals surface area contributed by atoms with Crippen molar-refractivity contribution in [2.45, 2.75) is 4.34 Å². The molecule has 4 nitrogen and oxygen atoms in total. The van der Waals surface area contributed by atoms with Crippen molar-refractivity contribution in [2.24, 2.45) is 4.99 Å². The first-order valence-corrected chi connectivity index (χ1v) is 10.6. The number of para-hydroxylation sites is 1. The van der Waals surface area contributed by atoms with Crippen LogP contribution in [-0.2, 0) is 9.53 Å². The fraction of sp³-hybridized carbons (Fsp3) is 0. The first-order valence-electron chi connectivity index (χ1n) is 8.97. The van der Waals surface area contributed by atoms with Gasteiger partial charge in [-0.15, -0.1) is 11.3 Å². The van der Waals surface area contributed by atoms with Gasteiger partial charge >= 0.3 is 5.97 Å². The lowest BCUT2D eigenvalue weighted by molar-refractivity contribution is -0.129. The second kappa shape index (κ2) is 7.66. The van der Waals surface area contributed by atoms with Crippen molar-refractivity contribution >= 4 is 50.1 Å². The molecule has 0 saturated carbocycles. The molecule has 140 valence electrons. The summed E-state index contributed by atoms with van der Waals surface area (Å²) in [6.07, 6.45) is 0. The van der Waals surface area contributed by atoms with Gasteiger partial charge < -0.3 is 4.74 Å². The summed E-state index contributed by atoms with van der Waals surface area (Å²) in [6, 6.07) is 27.2. The van der Waals surface area contributed by atoms with Gasteiger partial charge in [0.2, 0.25) is 5.90 Å². The lowest BCUT2D eigenvalue weighted by atomic mass is 10.2. The molecule has 0 atom stereocenters. The third-order valence-corrected chi connectivity index (χ3v) is 6.56. The molecule has 1 aliphatic heterocycles. The van der Waals surface area contributed by atoms with E-state index in [9.17, 15) is 4.79 Å². The second-order valence-electron chi connectivity index (χ2n) is 6.27. The number of carbonyl (C=O) groups excluding carboxylic acids is 1. The molecule has 0 aliphatic carbocycles. The molecule has 0 unspecified atom stereocenters. The minimum atomic E-state index is -0.448. The van der Waals surface area contributed by atoms with Crippen LogP contribution in [0.1, 0.15) is 11.1 Å². The lowest BCUT2D eigenvalue weighted by Crippen LogP contribution is -2.05. The van der Waals surface area contributed by atoms with Gasteiger partial charge in [0.15, 0.2) is 10.0 Å². The zero-order chi connectivity index (χ0) is 19.6. The molecule has 3 aromatic carbocycles. The molecule has 1 aliphatic rings. The molecular weight excluding hydrogens is 400 g/mol. The maximum Gasteiger partial charge on any atom is 0.365 e. The summed E-state index contributed by atoms with van der Waals surface area (Å²) in [4.78, 5) is 22.7. The van der Waals surface area contributed by atoms with E-state index in [1.54, 1.807) is 11.3 Å². The van der Waals surface area contributed by atoms with Crippen LogP contribution in [0.15, 0.2) is 100.0 Å². The summed E-state index contributed by atoms with van der Waals surface area (Å²) in [6.45, 7) is 0. The number of benzene rings is 3. The van der Waals surface area contributed by atoms with Gasteiger partial charge in [0.05, 0.1) is 15.1 Å². The second-order valence-corrected chi connectivity index (χ2v) is 8.55. The molecular formula is C23H14N2O2S2. The smallest absolute Gasteiger partial charge is 0.365 e. The Morgan fingerprint density at radius 1 is 0.862 bits per heavy atom. The van der Waals surface area contributed by atoms with Crippen molar-refractivity contribution in [3.63, 3.8) is 0 Å². The highest BCUT2D eigenvalue weighted by atomic mass is 32.2. The maximum absolute atomic E-state index is 12.7. The van der Waals surface area contributed by atoms with Gasteiger partial charge in [-0.1, -0.05) is 72.4 Å². The number of hydrogen-bond acceptors (Lipinski definition) is 6. The molecule has 0 amide bonds. The van der Waals surface area contributed by atoms with Crippen molar-refractivity contribution in [3.05, 3.63) is 102 Å². The predicted octanol–water partition coefficient (Wildman–Crippen LogP) is 5.76. The number of fused-ring (bicyclic) bond motifs is 1. The topological polar surface area (TPSA) is 51.5 Å². The normalized spacial score (nSPS) is 15.3. The minimum Gasteiger partial charge on any atom is -0.402 e. The molecule has 2 heterocycles. The molecule has 0 N–H and O–H groups in total. The lowest BCUT2D eigenvalue weighted by Gasteiger charge is -2.06. The summed E-state index contributed by atoms with van der Waals surface area (Å²) < 4.78 is 7.44. The number of aromatic nitrogens is 1. The van der Waals surface area contributed by atoms with Crippen LogP contribution < -0.4 is 0 Å². The number of rotatable bonds is 4. The highest BCUT2D eigenvalue weighted by Gasteiger charge is 2.29. The fourth-order valence-corrected chi connectivity index (χ4v) is 5.15. The number of carbonyl (C=O) groups is 1. The Hall–Kier alpha value is -3.22. The van der Waals surface area contributed by atoms with Crippen LogP contribution >= 0.6 is 23.1 Å². The largest absolute Gasteiger partial charge is 0.402 e. The quantitative estimate of drug-likeness (QED) is 0.242. The van der Waals surface area contributed by atoms with Crippen LogP contribution in [0.3, 0.4) is 0 Å². The molecule has 0 bridgehead atoms. The van der Waals surface area contributed by atoms with E-state index in [0.29, 0.717) is 11.6 Å². The molecule has 0 radical (unpaired) electrons. The zero-order valence-corrected chi connectivity index (χ0v) is 16.7. The summed E-state index contributed by atoms with van der Waals surface area (Å²) in [5.74, 6) is -0.125. The summed E-state index contributed by atoms with van der Waals surface area (Å²) in [5.41, 5.74) is 2.93. The first kappa shape index (κ1) is 17.8. The van der Waals surface area contributed by atoms with Crippen molar-refractivity contribution in [1.82, 2.24) is 4.98 Å². The van der Waals surface area contributed by atoms with Gasteiger partial charge in [0.25, 0.3) is 0 Å². The van der Waals surface area contributed by atoms with Crippen LogP contribution in [0.4, 0.5) is 0 Å². The van der Waals surface area contributed by atoms with Gasteiger partial charge in [-0.25, -0.2) is 14.8 Å². The number of thioether (sulfide) groups is 1. The Morgan fingerprint density at radius 3 is 2.31 bits per heavy atom. The predicted molar refractivity (Wildman–Crippen MR) is 118 cm³/mol. The third kappa shape index (κ3) is 3.60. The number of esters is 1. The van der Waals surface area contributed by atoms with Crippen molar-refractivity contribution in [3.8, 4) is 0 Å². The Morgan fingerprint density at radius 2 is 1.55 bits per heavy atom. The number of nitrogens with zero attached hydrogens (tertiary/aromatic N) is 2. The fourth-order valence-electron chi connectivity index (χ4n) is 2.97. The molecule has 1 aromatic heterocycles. The number of aliphatic imine (C=N–C) groups is 1. The van der Waals surface area contributed by atoms with E-state index in [-0.39, 0.29) is 0 Å². The van der Waals surface area contributed by atoms with Crippen molar-refractivity contribution in [1.29, 1.82) is 0 Å². The van der Waals surface area contributed by atoms with Gasteiger partial charge in [-0.3, -0.25) is 0 Å². The van der Waals surface area contributed by atoms with Gasteiger partial charge in [0.1, 0.15) is 0 Å². The van der Waals surface area contributed by atoms with E-state index in [0.717, 1.165) is 30.6 Å². The van der Waals surface area contributed by atoms with Crippen LogP contribution in [0.2, 0.25) is 0 Å². The zero-order valence-electron chi connectivity index (χ0n) is 15.1. The van der Waals surface area contributed by atoms with E-state index in [1.165, 1.54) is 11.8 Å². The SMILES string of the molecule is O=C1OC(c2ccccc2)=N/C1=C(/Sc1nc2ccccc2s1)c1ccccc1. The van der Waals surface area contributed by atoms with E-state index in [4.69, 9.17) is 9.72 Å². The van der Waals surface area contributed by atoms with Crippen LogP contribution in [0.5, 0.6) is 0 Å². The summed E-state index contributed by atoms with van der Waals surface area (Å²) in [7, 11) is 0. The first-order chi connectivity index (χ1) is 14.3. The monoisotopic (exact) mass is 414 g/mol. The van der Waals surface area contributed by atoms with Crippen LogP contribution in [0.25, 0.3) is 15.1 Å². The van der Waals surface area contributed by atoms with Gasteiger partial charge in [0, 0.05) is 5.56 Å². The van der Waals surface area contributed by atoms with Gasteiger partial charge in [-0.05, 0) is 29.8 Å². The van der Waals surface area contributed by atoms with E-state index >= 15 is 0 Å². The molecule has 0 spiro atoms. The molecule has 4 aromatic rings. The van der Waals surface area contributed by atoms with Crippen LogP contribution in [0, 0.1) is 0 Å². The van der Waals surface area contributed by atoms with E-state index in [2.05, 4.69) is 4.99 Å². The number of cyclic esters (lactones) is 1. The molecule has 29 heavy (non-hydrogen) atoms. The molecule has 5 rings (SSSR count). The summed E-state index contributed by atoms with van der Waals surface area (Å²) in [5, 5.41) is 0. The Bertz CT molecular complexity index is 1230. The minimum absolute atomic E-state index is 0.305. The third-order valence-electron chi connectivity index (χ3n) is 4.33. The van der Waals surface area contributed by atoms with Crippen molar-refractivity contribution in [2.75, 3.05) is 0 Å². The Kier molecular flexibility index (Phi) is 4.71. The number of ether oxygens (including phenoxy) is 1. The van der Waals surface area contributed by atoms with E-state index in [1.807, 2.05) is 84.9 Å². The highest BCUT2D eigenvalue weighted by Crippen LogP contribution is 2.41. The maximum atomic E-state index is 12.7. The highest BCUT2D eigenvalue weighted by molar-refractivity contribution is 8.09. The van der Waals surface area contributed by atoms with Gasteiger partial charge in [-0.2, -0.15) is 0 Å².